The number of nitro benzene ring substituents is 1. The first-order chi connectivity index (χ1) is 11.5. The maximum Gasteiger partial charge on any atom is 0.338 e. The second-order valence-corrected chi connectivity index (χ2v) is 4.97. The fourth-order valence-corrected chi connectivity index (χ4v) is 1.93. The van der Waals surface area contributed by atoms with Crippen molar-refractivity contribution in [1.82, 2.24) is 0 Å². The average molecular weight is 328 g/mol. The van der Waals surface area contributed by atoms with E-state index < -0.39 is 16.8 Å². The van der Waals surface area contributed by atoms with Gasteiger partial charge < -0.3 is 10.1 Å². The summed E-state index contributed by atoms with van der Waals surface area (Å²) in [6, 6.07) is 11.7. The Morgan fingerprint density at radius 1 is 1.12 bits per heavy atom. The van der Waals surface area contributed by atoms with Crippen LogP contribution in [0.15, 0.2) is 48.5 Å². The Morgan fingerprint density at radius 3 is 2.46 bits per heavy atom. The van der Waals surface area contributed by atoms with Gasteiger partial charge in [-0.1, -0.05) is 13.0 Å². The number of nitrogens with one attached hydrogen (secondary N) is 1. The third-order valence-corrected chi connectivity index (χ3v) is 3.13. The third-order valence-electron chi connectivity index (χ3n) is 3.13. The maximum absolute atomic E-state index is 12.1. The molecule has 7 heteroatoms. The second-order valence-electron chi connectivity index (χ2n) is 4.97. The van der Waals surface area contributed by atoms with Crippen LogP contribution in [-0.2, 0) is 4.74 Å². The summed E-state index contributed by atoms with van der Waals surface area (Å²) in [5.41, 5.74) is 0.877. The Hall–Kier alpha value is -3.22. The SMILES string of the molecule is CCCOC(=O)c1ccc(NC(=O)c2cccc([N+](=O)[O-])c2)cc1. The Balaban J connectivity index is 2.05. The standard InChI is InChI=1S/C17H16N2O5/c1-2-10-24-17(21)12-6-8-14(9-7-12)18-16(20)13-4-3-5-15(11-13)19(22)23/h3-9,11H,2,10H2,1H3,(H,18,20). The molecule has 24 heavy (non-hydrogen) atoms. The van der Waals surface area contributed by atoms with Gasteiger partial charge in [0.15, 0.2) is 0 Å². The van der Waals surface area contributed by atoms with Gasteiger partial charge >= 0.3 is 5.97 Å². The van der Waals surface area contributed by atoms with Crippen LogP contribution in [0.3, 0.4) is 0 Å². The van der Waals surface area contributed by atoms with Gasteiger partial charge in [-0.25, -0.2) is 4.79 Å². The lowest BCUT2D eigenvalue weighted by atomic mass is 10.1. The van der Waals surface area contributed by atoms with Gasteiger partial charge in [-0.15, -0.1) is 0 Å². The molecule has 0 spiro atoms. The highest BCUT2D eigenvalue weighted by Crippen LogP contribution is 2.16. The van der Waals surface area contributed by atoms with Crippen LogP contribution in [-0.4, -0.2) is 23.4 Å². The molecule has 0 aliphatic rings. The summed E-state index contributed by atoms with van der Waals surface area (Å²) in [4.78, 5) is 34.0. The van der Waals surface area contributed by atoms with Crippen LogP contribution < -0.4 is 5.32 Å². The molecule has 0 saturated carbocycles. The van der Waals surface area contributed by atoms with Gasteiger partial charge in [-0.3, -0.25) is 14.9 Å². The fraction of sp³-hybridized carbons (Fsp3) is 0.176. The molecule has 2 aromatic rings. The van der Waals surface area contributed by atoms with E-state index in [0.717, 1.165) is 6.42 Å². The number of amides is 1. The highest BCUT2D eigenvalue weighted by atomic mass is 16.6. The van der Waals surface area contributed by atoms with E-state index in [1.54, 1.807) is 24.3 Å². The predicted molar refractivity (Wildman–Crippen MR) is 88.1 cm³/mol. The molecule has 0 fully saturated rings. The van der Waals surface area contributed by atoms with Crippen molar-refractivity contribution in [3.8, 4) is 0 Å². The van der Waals surface area contributed by atoms with Gasteiger partial charge in [0.1, 0.15) is 0 Å². The summed E-state index contributed by atoms with van der Waals surface area (Å²) < 4.78 is 5.01. The van der Waals surface area contributed by atoms with Crippen LogP contribution in [0, 0.1) is 10.1 Å². The van der Waals surface area contributed by atoms with E-state index in [0.29, 0.717) is 17.9 Å². The van der Waals surface area contributed by atoms with Crippen LogP contribution in [0.4, 0.5) is 11.4 Å². The van der Waals surface area contributed by atoms with Crippen LogP contribution in [0.25, 0.3) is 0 Å². The third kappa shape index (κ3) is 4.39. The normalized spacial score (nSPS) is 10.0. The van der Waals surface area contributed by atoms with E-state index in [4.69, 9.17) is 4.74 Å². The van der Waals surface area contributed by atoms with E-state index in [-0.39, 0.29) is 11.3 Å². The molecule has 0 heterocycles. The minimum Gasteiger partial charge on any atom is -0.462 e. The molecule has 2 rings (SSSR count). The lowest BCUT2D eigenvalue weighted by Crippen LogP contribution is -2.12. The molecule has 0 bridgehead atoms. The molecule has 1 N–H and O–H groups in total. The first-order valence-corrected chi connectivity index (χ1v) is 7.34. The van der Waals surface area contributed by atoms with Crippen LogP contribution in [0.5, 0.6) is 0 Å². The van der Waals surface area contributed by atoms with E-state index >= 15 is 0 Å². The van der Waals surface area contributed by atoms with Gasteiger partial charge in [-0.2, -0.15) is 0 Å². The number of carbonyl (C=O) groups is 2. The van der Waals surface area contributed by atoms with Gasteiger partial charge in [0.05, 0.1) is 17.1 Å². The number of rotatable bonds is 6. The molecule has 124 valence electrons. The number of nitro groups is 1. The molecule has 7 nitrogen and oxygen atoms in total. The topological polar surface area (TPSA) is 98.5 Å². The van der Waals surface area contributed by atoms with Crippen molar-refractivity contribution in [2.24, 2.45) is 0 Å². The monoisotopic (exact) mass is 328 g/mol. The average Bonchev–Trinajstić information content (AvgIpc) is 2.60. The van der Waals surface area contributed by atoms with Gasteiger partial charge in [0.25, 0.3) is 11.6 Å². The number of hydrogen-bond donors (Lipinski definition) is 1. The highest BCUT2D eigenvalue weighted by molar-refractivity contribution is 6.04. The van der Waals surface area contributed by atoms with Crippen molar-refractivity contribution in [3.05, 3.63) is 69.8 Å². The quantitative estimate of drug-likeness (QED) is 0.498. The summed E-state index contributed by atoms with van der Waals surface area (Å²) >= 11 is 0. The van der Waals surface area contributed by atoms with Gasteiger partial charge in [-0.05, 0) is 36.8 Å². The van der Waals surface area contributed by atoms with Crippen LogP contribution in [0.1, 0.15) is 34.1 Å². The zero-order valence-electron chi connectivity index (χ0n) is 13.0. The summed E-state index contributed by atoms with van der Waals surface area (Å²) in [5.74, 6) is -0.895. The molecule has 1 amide bonds. The zero-order valence-corrected chi connectivity index (χ0v) is 13.0. The van der Waals surface area contributed by atoms with Gasteiger partial charge in [0.2, 0.25) is 0 Å². The number of nitrogens with zero attached hydrogens (tertiary/aromatic N) is 1. The van der Waals surface area contributed by atoms with Crippen LogP contribution >= 0.6 is 0 Å². The molecule has 0 aliphatic heterocycles. The first-order valence-electron chi connectivity index (χ1n) is 7.34. The number of anilines is 1. The van der Waals surface area contributed by atoms with E-state index in [1.165, 1.54) is 24.3 Å². The zero-order chi connectivity index (χ0) is 17.5. The Bertz CT molecular complexity index is 756. The Kier molecular flexibility index (Phi) is 5.62. The first kappa shape index (κ1) is 17.1. The molecule has 0 aromatic heterocycles. The molecule has 0 atom stereocenters. The second kappa shape index (κ2) is 7.87. The number of carbonyl (C=O) groups excluding carboxylic acids is 2. The fourth-order valence-electron chi connectivity index (χ4n) is 1.93. The molecule has 0 radical (unpaired) electrons. The number of non-ortho nitro benzene ring substituents is 1. The molecular weight excluding hydrogens is 312 g/mol. The van der Waals surface area contributed by atoms with Crippen molar-refractivity contribution in [2.75, 3.05) is 11.9 Å². The molecule has 2 aromatic carbocycles. The lowest BCUT2D eigenvalue weighted by Gasteiger charge is -2.07. The van der Waals surface area contributed by atoms with Gasteiger partial charge in [0, 0.05) is 23.4 Å². The van der Waals surface area contributed by atoms with E-state index in [2.05, 4.69) is 5.32 Å². The lowest BCUT2D eigenvalue weighted by molar-refractivity contribution is -0.384. The Labute approximate surface area is 138 Å². The number of ether oxygens (including phenoxy) is 1. The molecule has 0 aliphatic carbocycles. The summed E-state index contributed by atoms with van der Waals surface area (Å²) in [7, 11) is 0. The van der Waals surface area contributed by atoms with Crippen molar-refractivity contribution in [3.63, 3.8) is 0 Å². The summed E-state index contributed by atoms with van der Waals surface area (Å²) in [6.07, 6.45) is 0.739. The van der Waals surface area contributed by atoms with Crippen molar-refractivity contribution in [2.45, 2.75) is 13.3 Å². The van der Waals surface area contributed by atoms with Crippen molar-refractivity contribution >= 4 is 23.3 Å². The van der Waals surface area contributed by atoms with Crippen LogP contribution in [0.2, 0.25) is 0 Å². The maximum atomic E-state index is 12.1. The Morgan fingerprint density at radius 2 is 1.83 bits per heavy atom. The largest absolute Gasteiger partial charge is 0.462 e. The molecular formula is C17H16N2O5. The molecule has 0 unspecified atom stereocenters. The highest BCUT2D eigenvalue weighted by Gasteiger charge is 2.12. The minimum absolute atomic E-state index is 0.156. The van der Waals surface area contributed by atoms with Crippen molar-refractivity contribution < 1.29 is 19.2 Å². The summed E-state index contributed by atoms with van der Waals surface area (Å²) in [6.45, 7) is 2.25. The molecule has 0 saturated heterocycles. The van der Waals surface area contributed by atoms with E-state index in [9.17, 15) is 19.7 Å². The smallest absolute Gasteiger partial charge is 0.338 e. The van der Waals surface area contributed by atoms with Crippen molar-refractivity contribution in [1.29, 1.82) is 0 Å². The number of benzene rings is 2. The predicted octanol–water partition coefficient (Wildman–Crippen LogP) is 3.41. The minimum atomic E-state index is -0.562. The number of esters is 1. The summed E-state index contributed by atoms with van der Waals surface area (Å²) in [5, 5.41) is 13.4. The van der Waals surface area contributed by atoms with E-state index in [1.807, 2.05) is 6.92 Å². The number of hydrogen-bond acceptors (Lipinski definition) is 5.